The van der Waals surface area contributed by atoms with E-state index in [-0.39, 0.29) is 22.5 Å². The number of nitrogens with one attached hydrogen (secondary N) is 2. The standard InChI is InChI=1S/C23H21Cl2N3O4S/c1-12(2)32-19(29)11-33-23-15(10-26)21(18-5-4-8-31-18)20(13(3)27-23)22(30)28-17-7-6-14(24)9-16(17)25/h4-9,12,21,27H,11H2,1-3H3,(H,28,30)/t21-/m1/s1. The minimum absolute atomic E-state index is 0.00571. The van der Waals surface area contributed by atoms with E-state index in [1.807, 2.05) is 0 Å². The number of rotatable bonds is 7. The van der Waals surface area contributed by atoms with Crippen molar-refractivity contribution >= 4 is 52.5 Å². The molecule has 1 atom stereocenters. The molecule has 1 amide bonds. The molecule has 7 nitrogen and oxygen atoms in total. The van der Waals surface area contributed by atoms with Crippen LogP contribution in [0, 0.1) is 11.3 Å². The van der Waals surface area contributed by atoms with Crippen LogP contribution in [0.2, 0.25) is 10.0 Å². The molecule has 1 aromatic carbocycles. The molecule has 1 aromatic heterocycles. The Labute approximate surface area is 205 Å². The molecule has 0 spiro atoms. The SMILES string of the molecule is CC1=C(C(=O)Nc2ccc(Cl)cc2Cl)[C@@H](c2ccco2)C(C#N)=C(SCC(=O)OC(C)C)N1. The monoisotopic (exact) mass is 505 g/mol. The van der Waals surface area contributed by atoms with Gasteiger partial charge in [-0.15, -0.1) is 0 Å². The van der Waals surface area contributed by atoms with Crippen LogP contribution in [0.3, 0.4) is 0 Å². The molecule has 0 bridgehead atoms. The predicted octanol–water partition coefficient (Wildman–Crippen LogP) is 5.61. The van der Waals surface area contributed by atoms with Crippen LogP contribution in [0.4, 0.5) is 5.69 Å². The van der Waals surface area contributed by atoms with E-state index in [1.165, 1.54) is 12.3 Å². The molecule has 1 aliphatic rings. The second kappa shape index (κ2) is 10.8. The second-order valence-electron chi connectivity index (χ2n) is 7.37. The van der Waals surface area contributed by atoms with Gasteiger partial charge in [-0.05, 0) is 51.1 Å². The van der Waals surface area contributed by atoms with Crippen molar-refractivity contribution in [2.24, 2.45) is 0 Å². The zero-order valence-electron chi connectivity index (χ0n) is 18.1. The highest BCUT2D eigenvalue weighted by molar-refractivity contribution is 8.03. The number of hydrogen-bond acceptors (Lipinski definition) is 7. The van der Waals surface area contributed by atoms with Crippen LogP contribution >= 0.6 is 35.0 Å². The quantitative estimate of drug-likeness (QED) is 0.471. The van der Waals surface area contributed by atoms with Gasteiger partial charge < -0.3 is 19.8 Å². The van der Waals surface area contributed by atoms with Crippen molar-refractivity contribution in [3.8, 4) is 6.07 Å². The largest absolute Gasteiger partial charge is 0.468 e. The third kappa shape index (κ3) is 5.93. The van der Waals surface area contributed by atoms with Gasteiger partial charge in [0, 0.05) is 10.7 Å². The van der Waals surface area contributed by atoms with Crippen LogP contribution < -0.4 is 10.6 Å². The fourth-order valence-electron chi connectivity index (χ4n) is 3.28. The van der Waals surface area contributed by atoms with Gasteiger partial charge in [-0.25, -0.2) is 0 Å². The third-order valence-corrected chi connectivity index (χ3v) is 6.14. The van der Waals surface area contributed by atoms with E-state index in [1.54, 1.807) is 45.0 Å². The Hall–Kier alpha value is -2.86. The lowest BCUT2D eigenvalue weighted by Gasteiger charge is -2.28. The lowest BCUT2D eigenvalue weighted by molar-refractivity contribution is -0.144. The fourth-order valence-corrected chi connectivity index (χ4v) is 4.61. The summed E-state index contributed by atoms with van der Waals surface area (Å²) in [5.74, 6) is -1.21. The molecule has 2 N–H and O–H groups in total. The third-order valence-electron chi connectivity index (χ3n) is 4.60. The van der Waals surface area contributed by atoms with Crippen molar-refractivity contribution in [1.29, 1.82) is 5.26 Å². The molecular weight excluding hydrogens is 485 g/mol. The minimum atomic E-state index is -0.777. The lowest BCUT2D eigenvalue weighted by atomic mass is 9.85. The lowest BCUT2D eigenvalue weighted by Crippen LogP contribution is -2.31. The first-order valence-corrected chi connectivity index (χ1v) is 11.7. The zero-order valence-corrected chi connectivity index (χ0v) is 20.4. The maximum absolute atomic E-state index is 13.3. The Bertz CT molecular complexity index is 1170. The van der Waals surface area contributed by atoms with Crippen molar-refractivity contribution in [3.05, 3.63) is 74.3 Å². The number of anilines is 1. The van der Waals surface area contributed by atoms with Crippen molar-refractivity contribution in [3.63, 3.8) is 0 Å². The van der Waals surface area contributed by atoms with E-state index in [0.29, 0.717) is 32.8 Å². The van der Waals surface area contributed by atoms with Gasteiger partial charge in [0.05, 0.1) is 57.0 Å². The molecule has 10 heteroatoms. The average Bonchev–Trinajstić information content (AvgIpc) is 3.27. The first-order chi connectivity index (χ1) is 15.7. The number of amides is 1. The molecule has 2 aromatic rings. The van der Waals surface area contributed by atoms with Crippen LogP contribution in [0.1, 0.15) is 32.4 Å². The van der Waals surface area contributed by atoms with E-state index in [2.05, 4.69) is 16.7 Å². The molecule has 1 aliphatic heterocycles. The summed E-state index contributed by atoms with van der Waals surface area (Å²) in [5.41, 5.74) is 1.44. The number of hydrogen-bond donors (Lipinski definition) is 2. The van der Waals surface area contributed by atoms with Gasteiger partial charge in [0.15, 0.2) is 0 Å². The van der Waals surface area contributed by atoms with E-state index in [0.717, 1.165) is 11.8 Å². The number of carbonyl (C=O) groups is 2. The van der Waals surface area contributed by atoms with E-state index < -0.39 is 17.8 Å². The fraction of sp³-hybridized carbons (Fsp3) is 0.261. The van der Waals surface area contributed by atoms with Gasteiger partial charge in [-0.3, -0.25) is 9.59 Å². The van der Waals surface area contributed by atoms with Gasteiger partial charge in [0.25, 0.3) is 5.91 Å². The highest BCUT2D eigenvalue weighted by Crippen LogP contribution is 2.41. The molecule has 2 heterocycles. The van der Waals surface area contributed by atoms with Crippen LogP contribution in [0.15, 0.2) is 62.9 Å². The number of nitrogens with zero attached hydrogens (tertiary/aromatic N) is 1. The van der Waals surface area contributed by atoms with E-state index >= 15 is 0 Å². The average molecular weight is 506 g/mol. The molecule has 0 unspecified atom stereocenters. The number of thioether (sulfide) groups is 1. The van der Waals surface area contributed by atoms with Crippen molar-refractivity contribution in [2.45, 2.75) is 32.8 Å². The number of furan rings is 1. The molecule has 0 fully saturated rings. The molecule has 0 saturated carbocycles. The Morgan fingerprint density at radius 3 is 2.70 bits per heavy atom. The van der Waals surface area contributed by atoms with Crippen LogP contribution in [-0.2, 0) is 14.3 Å². The van der Waals surface area contributed by atoms with Crippen LogP contribution in [0.25, 0.3) is 0 Å². The number of ether oxygens (including phenoxy) is 1. The molecule has 0 aliphatic carbocycles. The molecule has 172 valence electrons. The summed E-state index contributed by atoms with van der Waals surface area (Å²) < 4.78 is 10.8. The Kier molecular flexibility index (Phi) is 8.14. The molecule has 0 saturated heterocycles. The summed E-state index contributed by atoms with van der Waals surface area (Å²) in [6, 6.07) is 10.3. The van der Waals surface area contributed by atoms with Crippen molar-refractivity contribution in [2.75, 3.05) is 11.1 Å². The van der Waals surface area contributed by atoms with E-state index in [4.69, 9.17) is 32.4 Å². The number of benzene rings is 1. The topological polar surface area (TPSA) is 104 Å². The summed E-state index contributed by atoms with van der Waals surface area (Å²) in [5, 5.41) is 17.0. The first kappa shape index (κ1) is 24.8. The van der Waals surface area contributed by atoms with Gasteiger partial charge in [0.2, 0.25) is 0 Å². The number of halogens is 2. The smallest absolute Gasteiger partial charge is 0.316 e. The maximum atomic E-state index is 13.3. The summed E-state index contributed by atoms with van der Waals surface area (Å²) in [6.45, 7) is 5.24. The van der Waals surface area contributed by atoms with Crippen molar-refractivity contribution < 1.29 is 18.7 Å². The molecule has 3 rings (SSSR count). The summed E-state index contributed by atoms with van der Waals surface area (Å²) in [4.78, 5) is 25.3. The highest BCUT2D eigenvalue weighted by Gasteiger charge is 2.36. The molecular formula is C23H21Cl2N3O4S. The number of nitriles is 1. The van der Waals surface area contributed by atoms with Gasteiger partial charge in [0.1, 0.15) is 5.76 Å². The highest BCUT2D eigenvalue weighted by atomic mass is 35.5. The first-order valence-electron chi connectivity index (χ1n) is 9.95. The van der Waals surface area contributed by atoms with E-state index in [9.17, 15) is 14.9 Å². The maximum Gasteiger partial charge on any atom is 0.316 e. The van der Waals surface area contributed by atoms with Crippen molar-refractivity contribution in [1.82, 2.24) is 5.32 Å². The van der Waals surface area contributed by atoms with Gasteiger partial charge in [-0.1, -0.05) is 35.0 Å². The second-order valence-corrected chi connectivity index (χ2v) is 9.20. The number of dihydropyridines is 1. The minimum Gasteiger partial charge on any atom is -0.468 e. The summed E-state index contributed by atoms with van der Waals surface area (Å²) in [6.07, 6.45) is 1.23. The normalized spacial score (nSPS) is 15.8. The zero-order chi connectivity index (χ0) is 24.1. The Morgan fingerprint density at radius 1 is 1.33 bits per heavy atom. The molecule has 33 heavy (non-hydrogen) atoms. The molecule has 0 radical (unpaired) electrons. The predicted molar refractivity (Wildman–Crippen MR) is 129 cm³/mol. The number of allylic oxidation sites excluding steroid dienone is 2. The summed E-state index contributed by atoms with van der Waals surface area (Å²) >= 11 is 13.3. The van der Waals surface area contributed by atoms with Gasteiger partial charge >= 0.3 is 5.97 Å². The van der Waals surface area contributed by atoms with Crippen LogP contribution in [0.5, 0.6) is 0 Å². The van der Waals surface area contributed by atoms with Gasteiger partial charge in [-0.2, -0.15) is 5.26 Å². The summed E-state index contributed by atoms with van der Waals surface area (Å²) in [7, 11) is 0. The van der Waals surface area contributed by atoms with Crippen LogP contribution in [-0.4, -0.2) is 23.7 Å². The number of carbonyl (C=O) groups excluding carboxylic acids is 2. The number of esters is 1. The Balaban J connectivity index is 1.94. The Morgan fingerprint density at radius 2 is 2.09 bits per heavy atom.